The maximum Gasteiger partial charge on any atom is 0.271 e. The fraction of sp³-hybridized carbons (Fsp3) is 0.281. The smallest absolute Gasteiger partial charge is 0.271 e. The summed E-state index contributed by atoms with van der Waals surface area (Å²) >= 11 is 1.33. The number of fused-ring (bicyclic) bond motifs is 2. The number of hydrogen-bond donors (Lipinski definition) is 0. The normalized spacial score (nSPS) is 15.1. The minimum atomic E-state index is -0.667. The SMILES string of the molecule is CCOc1ccc(/C=c2/sc3n(c2=O)[C@H](c2ccccc2OC)C(C(=O)N(CC)CC)=C(C)N=3)c2ccccc12. The molecule has 0 N–H and O–H groups in total. The van der Waals surface area contributed by atoms with E-state index in [-0.39, 0.29) is 11.5 Å². The van der Waals surface area contributed by atoms with E-state index in [9.17, 15) is 9.59 Å². The van der Waals surface area contributed by atoms with Crippen molar-refractivity contribution in [3.63, 3.8) is 0 Å². The molecule has 3 aromatic carbocycles. The highest BCUT2D eigenvalue weighted by molar-refractivity contribution is 7.07. The van der Waals surface area contributed by atoms with Gasteiger partial charge in [0.05, 0.1) is 29.5 Å². The maximum atomic E-state index is 14.2. The number of para-hydroxylation sites is 1. The van der Waals surface area contributed by atoms with Gasteiger partial charge in [0.2, 0.25) is 0 Å². The molecule has 0 radical (unpaired) electrons. The summed E-state index contributed by atoms with van der Waals surface area (Å²) in [5.41, 5.74) is 2.54. The zero-order chi connectivity index (χ0) is 28.4. The van der Waals surface area contributed by atoms with Gasteiger partial charge < -0.3 is 14.4 Å². The highest BCUT2D eigenvalue weighted by Crippen LogP contribution is 2.36. The van der Waals surface area contributed by atoms with Gasteiger partial charge in [0, 0.05) is 24.0 Å². The second-order valence-corrected chi connectivity index (χ2v) is 10.4. The number of aromatic nitrogens is 1. The average molecular weight is 556 g/mol. The van der Waals surface area contributed by atoms with Crippen molar-refractivity contribution in [2.75, 3.05) is 26.8 Å². The molecule has 8 heteroatoms. The van der Waals surface area contributed by atoms with E-state index in [0.29, 0.717) is 46.0 Å². The fourth-order valence-corrected chi connectivity index (χ4v) is 6.34. The summed E-state index contributed by atoms with van der Waals surface area (Å²) in [6.45, 7) is 9.38. The van der Waals surface area contributed by atoms with Gasteiger partial charge in [-0.15, -0.1) is 0 Å². The lowest BCUT2D eigenvalue weighted by Gasteiger charge is -2.29. The van der Waals surface area contributed by atoms with Gasteiger partial charge in [0.25, 0.3) is 11.5 Å². The van der Waals surface area contributed by atoms with Crippen LogP contribution in [0, 0.1) is 0 Å². The molecule has 1 atom stereocenters. The van der Waals surface area contributed by atoms with E-state index in [1.165, 1.54) is 11.3 Å². The van der Waals surface area contributed by atoms with E-state index in [1.54, 1.807) is 16.6 Å². The summed E-state index contributed by atoms with van der Waals surface area (Å²) in [6, 6.07) is 18.8. The number of amides is 1. The predicted molar refractivity (Wildman–Crippen MR) is 160 cm³/mol. The number of hydrogen-bond acceptors (Lipinski definition) is 6. The maximum absolute atomic E-state index is 14.2. The van der Waals surface area contributed by atoms with Crippen LogP contribution in [0.3, 0.4) is 0 Å². The summed E-state index contributed by atoms with van der Waals surface area (Å²) < 4.78 is 13.7. The van der Waals surface area contributed by atoms with E-state index in [4.69, 9.17) is 14.5 Å². The molecule has 2 heterocycles. The van der Waals surface area contributed by atoms with Crippen molar-refractivity contribution in [3.05, 3.63) is 103 Å². The number of allylic oxidation sites excluding steroid dienone is 1. The van der Waals surface area contributed by atoms with Gasteiger partial charge in [-0.25, -0.2) is 4.99 Å². The standard InChI is InChI=1S/C32H33N3O4S/c1-6-34(7-2)31(37)28-20(4)33-32-35(29(28)24-15-11-12-16-25(24)38-5)30(36)27(40-32)19-21-17-18-26(39-8-3)23-14-10-9-13-22(21)23/h9-19,29H,6-8H2,1-5H3/b27-19+/t29-/m1/s1. The first-order valence-corrected chi connectivity index (χ1v) is 14.3. The number of thiazole rings is 1. The highest BCUT2D eigenvalue weighted by atomic mass is 32.1. The van der Waals surface area contributed by atoms with Gasteiger partial charge in [-0.05, 0) is 56.9 Å². The zero-order valence-corrected chi connectivity index (χ0v) is 24.2. The van der Waals surface area contributed by atoms with Crippen LogP contribution < -0.4 is 24.4 Å². The molecular formula is C32H33N3O4S. The lowest BCUT2D eigenvalue weighted by Crippen LogP contribution is -2.43. The Bertz CT molecular complexity index is 1800. The molecule has 0 spiro atoms. The second-order valence-electron chi connectivity index (χ2n) is 9.43. The van der Waals surface area contributed by atoms with Crippen LogP contribution in [0.25, 0.3) is 16.8 Å². The molecule has 5 rings (SSSR count). The molecule has 40 heavy (non-hydrogen) atoms. The van der Waals surface area contributed by atoms with Crippen LogP contribution in [0.1, 0.15) is 44.9 Å². The lowest BCUT2D eigenvalue weighted by molar-refractivity contribution is -0.127. The number of carbonyl (C=O) groups is 1. The van der Waals surface area contributed by atoms with Crippen LogP contribution in [-0.2, 0) is 4.79 Å². The largest absolute Gasteiger partial charge is 0.496 e. The third-order valence-electron chi connectivity index (χ3n) is 7.24. The number of ether oxygens (including phenoxy) is 2. The zero-order valence-electron chi connectivity index (χ0n) is 23.4. The van der Waals surface area contributed by atoms with E-state index in [0.717, 1.165) is 27.6 Å². The quantitative estimate of drug-likeness (QED) is 0.317. The molecule has 1 aromatic heterocycles. The third-order valence-corrected chi connectivity index (χ3v) is 8.22. The predicted octanol–water partition coefficient (Wildman–Crippen LogP) is 4.66. The summed E-state index contributed by atoms with van der Waals surface area (Å²) in [6.07, 6.45) is 1.91. The van der Waals surface area contributed by atoms with Crippen LogP contribution in [0.15, 0.2) is 81.7 Å². The molecular weight excluding hydrogens is 522 g/mol. The lowest BCUT2D eigenvalue weighted by atomic mass is 9.94. The van der Waals surface area contributed by atoms with Gasteiger partial charge in [0.1, 0.15) is 17.5 Å². The summed E-state index contributed by atoms with van der Waals surface area (Å²) in [7, 11) is 1.60. The first kappa shape index (κ1) is 27.4. The molecule has 0 saturated carbocycles. The van der Waals surface area contributed by atoms with Crippen LogP contribution >= 0.6 is 11.3 Å². The monoisotopic (exact) mass is 555 g/mol. The van der Waals surface area contributed by atoms with Gasteiger partial charge in [0.15, 0.2) is 4.80 Å². The summed E-state index contributed by atoms with van der Waals surface area (Å²) in [5, 5.41) is 1.98. The van der Waals surface area contributed by atoms with Crippen molar-refractivity contribution in [1.29, 1.82) is 0 Å². The van der Waals surface area contributed by atoms with Crippen molar-refractivity contribution < 1.29 is 14.3 Å². The van der Waals surface area contributed by atoms with Crippen LogP contribution in [0.4, 0.5) is 0 Å². The molecule has 7 nitrogen and oxygen atoms in total. The van der Waals surface area contributed by atoms with E-state index < -0.39 is 6.04 Å². The Morgan fingerprint density at radius 1 is 1.00 bits per heavy atom. The second kappa shape index (κ2) is 11.5. The molecule has 0 bridgehead atoms. The molecule has 0 unspecified atom stereocenters. The highest BCUT2D eigenvalue weighted by Gasteiger charge is 2.35. The van der Waals surface area contributed by atoms with Crippen molar-refractivity contribution in [2.45, 2.75) is 33.7 Å². The van der Waals surface area contributed by atoms with Gasteiger partial charge in [-0.2, -0.15) is 0 Å². The summed E-state index contributed by atoms with van der Waals surface area (Å²) in [5.74, 6) is 1.29. The average Bonchev–Trinajstić information content (AvgIpc) is 3.28. The van der Waals surface area contributed by atoms with Crippen molar-refractivity contribution in [1.82, 2.24) is 9.47 Å². The Kier molecular flexibility index (Phi) is 7.89. The number of benzene rings is 3. The number of methoxy groups -OCH3 is 1. The van der Waals surface area contributed by atoms with E-state index >= 15 is 0 Å². The number of likely N-dealkylation sites (N-methyl/N-ethyl adjacent to an activating group) is 1. The summed E-state index contributed by atoms with van der Waals surface area (Å²) in [4.78, 5) is 35.1. The first-order chi connectivity index (χ1) is 19.4. The molecule has 1 aliphatic heterocycles. The molecule has 4 aromatic rings. The van der Waals surface area contributed by atoms with E-state index in [1.807, 2.05) is 94.4 Å². The minimum absolute atomic E-state index is 0.131. The van der Waals surface area contributed by atoms with E-state index in [2.05, 4.69) is 0 Å². The van der Waals surface area contributed by atoms with Crippen molar-refractivity contribution >= 4 is 34.1 Å². The molecule has 0 saturated heterocycles. The Labute approximate surface area is 237 Å². The molecule has 1 amide bonds. The molecule has 206 valence electrons. The van der Waals surface area contributed by atoms with Gasteiger partial charge in [-0.3, -0.25) is 14.2 Å². The Balaban J connectivity index is 1.76. The minimum Gasteiger partial charge on any atom is -0.496 e. The van der Waals surface area contributed by atoms with Gasteiger partial charge >= 0.3 is 0 Å². The fourth-order valence-electron chi connectivity index (χ4n) is 5.31. The van der Waals surface area contributed by atoms with Crippen LogP contribution in [0.2, 0.25) is 0 Å². The molecule has 1 aliphatic rings. The number of rotatable bonds is 8. The first-order valence-electron chi connectivity index (χ1n) is 13.5. The Morgan fingerprint density at radius 3 is 2.40 bits per heavy atom. The number of carbonyl (C=O) groups excluding carboxylic acids is 1. The number of nitrogens with zero attached hydrogens (tertiary/aromatic N) is 3. The van der Waals surface area contributed by atoms with Crippen LogP contribution in [0.5, 0.6) is 11.5 Å². The topological polar surface area (TPSA) is 73.1 Å². The molecule has 0 aliphatic carbocycles. The van der Waals surface area contributed by atoms with Crippen molar-refractivity contribution in [3.8, 4) is 11.5 Å². The Morgan fingerprint density at radius 2 is 1.70 bits per heavy atom. The van der Waals surface area contributed by atoms with Crippen LogP contribution in [-0.4, -0.2) is 42.2 Å². The molecule has 0 fully saturated rings. The van der Waals surface area contributed by atoms with Gasteiger partial charge in [-0.1, -0.05) is 59.9 Å². The Hall–Kier alpha value is -4.17. The third kappa shape index (κ3) is 4.73. The van der Waals surface area contributed by atoms with Crippen molar-refractivity contribution in [2.24, 2.45) is 4.99 Å².